The molecule has 0 saturated carbocycles. The Labute approximate surface area is 180 Å². The van der Waals surface area contributed by atoms with Crippen LogP contribution in [0.4, 0.5) is 11.4 Å². The number of nitrogens with one attached hydrogen (secondary N) is 1. The lowest BCUT2D eigenvalue weighted by atomic mass is 10.2. The third kappa shape index (κ3) is 6.39. The van der Waals surface area contributed by atoms with Crippen molar-refractivity contribution < 1.29 is 9.53 Å². The van der Waals surface area contributed by atoms with E-state index in [4.69, 9.17) is 4.74 Å². The van der Waals surface area contributed by atoms with Gasteiger partial charge in [0.25, 0.3) is 0 Å². The Hall–Kier alpha value is -2.73. The molecule has 2 aromatic rings. The quantitative estimate of drug-likeness (QED) is 0.611. The van der Waals surface area contributed by atoms with Gasteiger partial charge in [0.05, 0.1) is 18.8 Å². The molecule has 6 nitrogen and oxygen atoms in total. The number of para-hydroxylation sites is 3. The fourth-order valence-electron chi connectivity index (χ4n) is 3.76. The molecule has 0 aliphatic carbocycles. The maximum Gasteiger partial charge on any atom is 0.234 e. The maximum atomic E-state index is 12.3. The summed E-state index contributed by atoms with van der Waals surface area (Å²) < 4.78 is 5.76. The molecular formula is C24H34N4O2. The van der Waals surface area contributed by atoms with Crippen LogP contribution in [0.3, 0.4) is 0 Å². The van der Waals surface area contributed by atoms with E-state index >= 15 is 0 Å². The van der Waals surface area contributed by atoms with Crippen molar-refractivity contribution in [2.75, 3.05) is 69.3 Å². The van der Waals surface area contributed by atoms with Crippen LogP contribution in [0.5, 0.6) is 5.75 Å². The highest BCUT2D eigenvalue weighted by Crippen LogP contribution is 2.28. The van der Waals surface area contributed by atoms with E-state index < -0.39 is 0 Å². The number of carbonyl (C=O) groups excluding carboxylic acids is 1. The third-order valence-corrected chi connectivity index (χ3v) is 5.43. The molecule has 1 amide bonds. The standard InChI is InChI=1S/C24H34N4O2/c1-3-30-23-13-8-7-12-22(23)28-18-16-27(17-19-28)20-24(29)25-14-9-15-26(2)21-10-5-4-6-11-21/h4-8,10-13H,3,9,14-20H2,1-2H3,(H,25,29). The SMILES string of the molecule is CCOc1ccccc1N1CCN(CC(=O)NCCCN(C)c2ccccc2)CC1. The predicted molar refractivity (Wildman–Crippen MR) is 124 cm³/mol. The van der Waals surface area contributed by atoms with Gasteiger partial charge < -0.3 is 19.9 Å². The molecule has 1 fully saturated rings. The summed E-state index contributed by atoms with van der Waals surface area (Å²) >= 11 is 0. The van der Waals surface area contributed by atoms with E-state index in [1.807, 2.05) is 43.3 Å². The van der Waals surface area contributed by atoms with Crippen LogP contribution in [-0.2, 0) is 4.79 Å². The number of carbonyl (C=O) groups is 1. The molecule has 0 atom stereocenters. The summed E-state index contributed by atoms with van der Waals surface area (Å²) in [6.07, 6.45) is 0.930. The number of hydrogen-bond donors (Lipinski definition) is 1. The molecule has 0 spiro atoms. The van der Waals surface area contributed by atoms with E-state index in [0.29, 0.717) is 19.7 Å². The zero-order chi connectivity index (χ0) is 21.2. The maximum absolute atomic E-state index is 12.3. The average Bonchev–Trinajstić information content (AvgIpc) is 2.78. The van der Waals surface area contributed by atoms with Gasteiger partial charge in [0.15, 0.2) is 0 Å². The van der Waals surface area contributed by atoms with Gasteiger partial charge in [-0.25, -0.2) is 0 Å². The highest BCUT2D eigenvalue weighted by molar-refractivity contribution is 5.78. The Balaban J connectivity index is 1.34. The first kappa shape index (κ1) is 22.0. The molecule has 1 N–H and O–H groups in total. The first-order chi connectivity index (χ1) is 14.7. The molecule has 2 aromatic carbocycles. The zero-order valence-corrected chi connectivity index (χ0v) is 18.2. The molecule has 1 aliphatic rings. The highest BCUT2D eigenvalue weighted by atomic mass is 16.5. The molecule has 1 saturated heterocycles. The minimum Gasteiger partial charge on any atom is -0.492 e. The molecule has 30 heavy (non-hydrogen) atoms. The predicted octanol–water partition coefficient (Wildman–Crippen LogP) is 2.85. The lowest BCUT2D eigenvalue weighted by Crippen LogP contribution is -2.49. The largest absolute Gasteiger partial charge is 0.492 e. The lowest BCUT2D eigenvalue weighted by molar-refractivity contribution is -0.122. The molecule has 0 bridgehead atoms. The Bertz CT molecular complexity index is 776. The van der Waals surface area contributed by atoms with Gasteiger partial charge in [-0.1, -0.05) is 30.3 Å². The van der Waals surface area contributed by atoms with Gasteiger partial charge in [0.1, 0.15) is 5.75 Å². The summed E-state index contributed by atoms with van der Waals surface area (Å²) in [5.41, 5.74) is 2.35. The smallest absolute Gasteiger partial charge is 0.234 e. The van der Waals surface area contributed by atoms with E-state index in [0.717, 1.165) is 50.6 Å². The number of benzene rings is 2. The fourth-order valence-corrected chi connectivity index (χ4v) is 3.76. The summed E-state index contributed by atoms with van der Waals surface area (Å²) in [6.45, 7) is 8.33. The van der Waals surface area contributed by atoms with Crippen molar-refractivity contribution in [3.05, 3.63) is 54.6 Å². The fraction of sp³-hybridized carbons (Fsp3) is 0.458. The third-order valence-electron chi connectivity index (χ3n) is 5.43. The monoisotopic (exact) mass is 410 g/mol. The molecule has 0 radical (unpaired) electrons. The Morgan fingerprint density at radius 1 is 1.03 bits per heavy atom. The van der Waals surface area contributed by atoms with Crippen molar-refractivity contribution in [3.63, 3.8) is 0 Å². The lowest BCUT2D eigenvalue weighted by Gasteiger charge is -2.36. The van der Waals surface area contributed by atoms with Gasteiger partial charge in [0.2, 0.25) is 5.91 Å². The minimum absolute atomic E-state index is 0.112. The van der Waals surface area contributed by atoms with Crippen LogP contribution in [0.1, 0.15) is 13.3 Å². The van der Waals surface area contributed by atoms with Crippen molar-refractivity contribution >= 4 is 17.3 Å². The molecule has 1 heterocycles. The molecule has 1 aliphatic heterocycles. The van der Waals surface area contributed by atoms with E-state index in [2.05, 4.69) is 45.3 Å². The summed E-state index contributed by atoms with van der Waals surface area (Å²) in [7, 11) is 2.08. The van der Waals surface area contributed by atoms with Gasteiger partial charge in [0, 0.05) is 52.0 Å². The Morgan fingerprint density at radius 3 is 2.47 bits per heavy atom. The van der Waals surface area contributed by atoms with Gasteiger partial charge >= 0.3 is 0 Å². The second-order valence-electron chi connectivity index (χ2n) is 7.62. The second-order valence-corrected chi connectivity index (χ2v) is 7.62. The van der Waals surface area contributed by atoms with Crippen LogP contribution in [0.25, 0.3) is 0 Å². The van der Waals surface area contributed by atoms with Crippen LogP contribution < -0.4 is 19.9 Å². The van der Waals surface area contributed by atoms with Gasteiger partial charge in [-0.05, 0) is 37.6 Å². The van der Waals surface area contributed by atoms with E-state index in [1.54, 1.807) is 0 Å². The summed E-state index contributed by atoms with van der Waals surface area (Å²) in [5.74, 6) is 1.05. The van der Waals surface area contributed by atoms with E-state index in [-0.39, 0.29) is 5.91 Å². The van der Waals surface area contributed by atoms with Crippen molar-refractivity contribution in [3.8, 4) is 5.75 Å². The summed E-state index contributed by atoms with van der Waals surface area (Å²) in [4.78, 5) is 19.1. The number of piperazine rings is 1. The van der Waals surface area contributed by atoms with Crippen molar-refractivity contribution in [1.82, 2.24) is 10.2 Å². The first-order valence-corrected chi connectivity index (χ1v) is 10.9. The molecule has 0 unspecified atom stereocenters. The summed E-state index contributed by atoms with van der Waals surface area (Å²) in [5, 5.41) is 3.06. The first-order valence-electron chi connectivity index (χ1n) is 10.9. The van der Waals surface area contributed by atoms with Crippen LogP contribution >= 0.6 is 0 Å². The average molecular weight is 411 g/mol. The Kier molecular flexibility index (Phi) is 8.39. The molecular weight excluding hydrogens is 376 g/mol. The van der Waals surface area contributed by atoms with Crippen LogP contribution in [0, 0.1) is 0 Å². The van der Waals surface area contributed by atoms with Gasteiger partial charge in [-0.15, -0.1) is 0 Å². The number of anilines is 2. The normalized spacial score (nSPS) is 14.4. The van der Waals surface area contributed by atoms with Crippen molar-refractivity contribution in [2.24, 2.45) is 0 Å². The topological polar surface area (TPSA) is 48.1 Å². The van der Waals surface area contributed by atoms with Crippen LogP contribution in [-0.4, -0.2) is 70.3 Å². The zero-order valence-electron chi connectivity index (χ0n) is 18.2. The number of rotatable bonds is 10. The summed E-state index contributed by atoms with van der Waals surface area (Å²) in [6, 6.07) is 18.5. The highest BCUT2D eigenvalue weighted by Gasteiger charge is 2.21. The molecule has 162 valence electrons. The van der Waals surface area contributed by atoms with Crippen molar-refractivity contribution in [1.29, 1.82) is 0 Å². The Morgan fingerprint density at radius 2 is 1.73 bits per heavy atom. The number of amides is 1. The molecule has 6 heteroatoms. The molecule has 0 aromatic heterocycles. The van der Waals surface area contributed by atoms with E-state index in [9.17, 15) is 4.79 Å². The van der Waals surface area contributed by atoms with Gasteiger partial charge in [-0.3, -0.25) is 9.69 Å². The second kappa shape index (κ2) is 11.5. The minimum atomic E-state index is 0.112. The van der Waals surface area contributed by atoms with Crippen molar-refractivity contribution in [2.45, 2.75) is 13.3 Å². The number of nitrogens with zero attached hydrogens (tertiary/aromatic N) is 3. The van der Waals surface area contributed by atoms with Gasteiger partial charge in [-0.2, -0.15) is 0 Å². The number of hydrogen-bond acceptors (Lipinski definition) is 5. The van der Waals surface area contributed by atoms with Crippen LogP contribution in [0.15, 0.2) is 54.6 Å². The van der Waals surface area contributed by atoms with E-state index in [1.165, 1.54) is 5.69 Å². The molecule has 3 rings (SSSR count). The van der Waals surface area contributed by atoms with Crippen LogP contribution in [0.2, 0.25) is 0 Å². The number of ether oxygens (including phenoxy) is 1.